The van der Waals surface area contributed by atoms with Crippen molar-refractivity contribution in [3.05, 3.63) is 18.2 Å². The average molecular weight is 239 g/mol. The summed E-state index contributed by atoms with van der Waals surface area (Å²) in [6.45, 7) is 5.42. The molecule has 5 heteroatoms. The van der Waals surface area contributed by atoms with Crippen LogP contribution in [0.5, 0.6) is 0 Å². The van der Waals surface area contributed by atoms with Crippen LogP contribution in [0.3, 0.4) is 0 Å². The summed E-state index contributed by atoms with van der Waals surface area (Å²) >= 11 is 0. The van der Waals surface area contributed by atoms with Crippen LogP contribution in [-0.4, -0.2) is 41.5 Å². The van der Waals surface area contributed by atoms with Crippen molar-refractivity contribution < 1.29 is 9.47 Å². The number of imidazole rings is 1. The van der Waals surface area contributed by atoms with Crippen LogP contribution >= 0.6 is 0 Å². The second-order valence-electron chi connectivity index (χ2n) is 4.56. The van der Waals surface area contributed by atoms with E-state index in [1.807, 2.05) is 13.1 Å². The van der Waals surface area contributed by atoms with Gasteiger partial charge in [0.25, 0.3) is 0 Å². The Morgan fingerprint density at radius 1 is 1.65 bits per heavy atom. The van der Waals surface area contributed by atoms with Crippen molar-refractivity contribution in [3.63, 3.8) is 0 Å². The van der Waals surface area contributed by atoms with Gasteiger partial charge < -0.3 is 19.8 Å². The molecular weight excluding hydrogens is 218 g/mol. The number of aromatic nitrogens is 2. The van der Waals surface area contributed by atoms with Crippen LogP contribution in [-0.2, 0) is 16.0 Å². The minimum atomic E-state index is -0.271. The van der Waals surface area contributed by atoms with Crippen LogP contribution in [0.2, 0.25) is 0 Å². The molecule has 0 bridgehead atoms. The monoisotopic (exact) mass is 239 g/mol. The summed E-state index contributed by atoms with van der Waals surface area (Å²) in [5.74, 6) is 1.01. The van der Waals surface area contributed by atoms with Crippen molar-refractivity contribution >= 4 is 0 Å². The zero-order chi connectivity index (χ0) is 12.1. The van der Waals surface area contributed by atoms with E-state index < -0.39 is 0 Å². The second kappa shape index (κ2) is 5.62. The lowest BCUT2D eigenvalue weighted by molar-refractivity contribution is -0.124. The molecule has 5 nitrogen and oxygen atoms in total. The first-order valence-electron chi connectivity index (χ1n) is 6.15. The number of hydrogen-bond donors (Lipinski definition) is 1. The van der Waals surface area contributed by atoms with Crippen LogP contribution in [0.1, 0.15) is 18.7 Å². The fourth-order valence-electron chi connectivity index (χ4n) is 2.16. The van der Waals surface area contributed by atoms with E-state index in [-0.39, 0.29) is 5.60 Å². The van der Waals surface area contributed by atoms with E-state index in [1.54, 1.807) is 6.20 Å². The molecule has 96 valence electrons. The summed E-state index contributed by atoms with van der Waals surface area (Å²) in [5.41, 5.74) is 5.53. The summed E-state index contributed by atoms with van der Waals surface area (Å²) in [5, 5.41) is 0. The van der Waals surface area contributed by atoms with Crippen LogP contribution in [0, 0.1) is 6.92 Å². The fourth-order valence-corrected chi connectivity index (χ4v) is 2.16. The molecule has 0 spiro atoms. The van der Waals surface area contributed by atoms with Crippen molar-refractivity contribution in [2.75, 3.05) is 26.4 Å². The second-order valence-corrected chi connectivity index (χ2v) is 4.56. The lowest BCUT2D eigenvalue weighted by atomic mass is 9.97. The molecule has 1 unspecified atom stereocenters. The standard InChI is InChI=1S/C12H21N3O2/c1-11-14-4-5-15(11)6-8-17-12(9-13)3-2-7-16-10-12/h4-5H,2-3,6-10,13H2,1H3. The Hall–Kier alpha value is -0.910. The van der Waals surface area contributed by atoms with E-state index in [2.05, 4.69) is 9.55 Å². The molecule has 1 fully saturated rings. The summed E-state index contributed by atoms with van der Waals surface area (Å²) in [6.07, 6.45) is 5.79. The van der Waals surface area contributed by atoms with Gasteiger partial charge in [0.2, 0.25) is 0 Å². The van der Waals surface area contributed by atoms with Crippen LogP contribution < -0.4 is 5.73 Å². The topological polar surface area (TPSA) is 62.3 Å². The maximum Gasteiger partial charge on any atom is 0.105 e. The maximum atomic E-state index is 5.95. The van der Waals surface area contributed by atoms with E-state index in [4.69, 9.17) is 15.2 Å². The predicted octanol–water partition coefficient (Wildman–Crippen LogP) is 0.716. The molecule has 0 aromatic carbocycles. The lowest BCUT2D eigenvalue weighted by Gasteiger charge is -2.35. The van der Waals surface area contributed by atoms with Crippen molar-refractivity contribution in [2.45, 2.75) is 31.9 Å². The Balaban J connectivity index is 1.82. The third-order valence-corrected chi connectivity index (χ3v) is 3.32. The van der Waals surface area contributed by atoms with Gasteiger partial charge >= 0.3 is 0 Å². The third-order valence-electron chi connectivity index (χ3n) is 3.32. The Kier molecular flexibility index (Phi) is 4.15. The quantitative estimate of drug-likeness (QED) is 0.822. The molecular formula is C12H21N3O2. The van der Waals surface area contributed by atoms with Gasteiger partial charge in [0.1, 0.15) is 11.4 Å². The van der Waals surface area contributed by atoms with Crippen LogP contribution in [0.25, 0.3) is 0 Å². The van der Waals surface area contributed by atoms with Gasteiger partial charge in [-0.25, -0.2) is 4.98 Å². The van der Waals surface area contributed by atoms with Crippen molar-refractivity contribution in [2.24, 2.45) is 5.73 Å². The molecule has 17 heavy (non-hydrogen) atoms. The zero-order valence-corrected chi connectivity index (χ0v) is 10.4. The molecule has 0 radical (unpaired) electrons. The Morgan fingerprint density at radius 3 is 3.12 bits per heavy atom. The molecule has 1 aromatic rings. The summed E-state index contributed by atoms with van der Waals surface area (Å²) in [4.78, 5) is 4.18. The first-order chi connectivity index (χ1) is 8.26. The summed E-state index contributed by atoms with van der Waals surface area (Å²) in [6, 6.07) is 0. The van der Waals surface area contributed by atoms with Gasteiger partial charge in [0.05, 0.1) is 13.2 Å². The van der Waals surface area contributed by atoms with E-state index >= 15 is 0 Å². The van der Waals surface area contributed by atoms with Gasteiger partial charge in [0.15, 0.2) is 0 Å². The van der Waals surface area contributed by atoms with Gasteiger partial charge in [-0.2, -0.15) is 0 Å². The maximum absolute atomic E-state index is 5.95. The molecule has 1 saturated heterocycles. The highest BCUT2D eigenvalue weighted by Crippen LogP contribution is 2.22. The highest BCUT2D eigenvalue weighted by molar-refractivity contribution is 4.89. The van der Waals surface area contributed by atoms with Gasteiger partial charge in [-0.1, -0.05) is 0 Å². The van der Waals surface area contributed by atoms with E-state index in [0.717, 1.165) is 31.8 Å². The van der Waals surface area contributed by atoms with Crippen molar-refractivity contribution in [3.8, 4) is 0 Å². The van der Waals surface area contributed by atoms with E-state index in [1.165, 1.54) is 0 Å². The lowest BCUT2D eigenvalue weighted by Crippen LogP contribution is -2.48. The van der Waals surface area contributed by atoms with Crippen LogP contribution in [0.4, 0.5) is 0 Å². The third kappa shape index (κ3) is 3.06. The van der Waals surface area contributed by atoms with E-state index in [9.17, 15) is 0 Å². The van der Waals surface area contributed by atoms with Crippen molar-refractivity contribution in [1.29, 1.82) is 0 Å². The summed E-state index contributed by atoms with van der Waals surface area (Å²) < 4.78 is 13.5. The first kappa shape index (κ1) is 12.5. The highest BCUT2D eigenvalue weighted by atomic mass is 16.5. The Bertz CT molecular complexity index is 345. The Labute approximate surface area is 102 Å². The number of hydrogen-bond acceptors (Lipinski definition) is 4. The van der Waals surface area contributed by atoms with Gasteiger partial charge in [0, 0.05) is 32.1 Å². The molecule has 2 N–H and O–H groups in total. The highest BCUT2D eigenvalue weighted by Gasteiger charge is 2.32. The SMILES string of the molecule is Cc1nccn1CCOC1(CN)CCCOC1. The minimum Gasteiger partial charge on any atom is -0.378 e. The molecule has 1 aliphatic rings. The molecule has 1 atom stereocenters. The molecule has 0 amide bonds. The molecule has 1 aromatic heterocycles. The molecule has 1 aliphatic heterocycles. The Morgan fingerprint density at radius 2 is 2.53 bits per heavy atom. The fraction of sp³-hybridized carbons (Fsp3) is 0.750. The first-order valence-corrected chi connectivity index (χ1v) is 6.15. The largest absolute Gasteiger partial charge is 0.378 e. The van der Waals surface area contributed by atoms with Gasteiger partial charge in [-0.3, -0.25) is 0 Å². The number of rotatable bonds is 5. The number of nitrogens with two attached hydrogens (primary N) is 1. The zero-order valence-electron chi connectivity index (χ0n) is 10.4. The number of nitrogens with zero attached hydrogens (tertiary/aromatic N) is 2. The molecule has 0 saturated carbocycles. The predicted molar refractivity (Wildman–Crippen MR) is 64.8 cm³/mol. The normalized spacial score (nSPS) is 25.1. The van der Waals surface area contributed by atoms with Gasteiger partial charge in [-0.05, 0) is 19.8 Å². The van der Waals surface area contributed by atoms with Crippen LogP contribution in [0.15, 0.2) is 12.4 Å². The average Bonchev–Trinajstić information content (AvgIpc) is 2.76. The number of aryl methyl sites for hydroxylation is 1. The smallest absolute Gasteiger partial charge is 0.105 e. The molecule has 0 aliphatic carbocycles. The van der Waals surface area contributed by atoms with Crippen molar-refractivity contribution in [1.82, 2.24) is 9.55 Å². The van der Waals surface area contributed by atoms with Gasteiger partial charge in [-0.15, -0.1) is 0 Å². The summed E-state index contributed by atoms with van der Waals surface area (Å²) in [7, 11) is 0. The van der Waals surface area contributed by atoms with E-state index in [0.29, 0.717) is 19.8 Å². The number of ether oxygens (including phenoxy) is 2. The molecule has 2 heterocycles. The molecule has 2 rings (SSSR count). The minimum absolute atomic E-state index is 0.271.